The van der Waals surface area contributed by atoms with E-state index in [4.69, 9.17) is 10.9 Å². The molecule has 1 saturated carbocycles. The van der Waals surface area contributed by atoms with E-state index in [1.807, 2.05) is 25.6 Å². The Morgan fingerprint density at radius 2 is 2.00 bits per heavy atom. The van der Waals surface area contributed by atoms with Crippen LogP contribution >= 0.6 is 11.8 Å². The number of nitrogens with one attached hydrogen (secondary N) is 1. The lowest BCUT2D eigenvalue weighted by molar-refractivity contribution is 0.304. The van der Waals surface area contributed by atoms with Crippen LogP contribution in [0, 0.1) is 5.41 Å². The van der Waals surface area contributed by atoms with E-state index in [1.54, 1.807) is 0 Å². The predicted octanol–water partition coefficient (Wildman–Crippen LogP) is 2.80. The van der Waals surface area contributed by atoms with E-state index in [-0.39, 0.29) is 5.41 Å². The van der Waals surface area contributed by atoms with Crippen molar-refractivity contribution >= 4 is 17.6 Å². The molecular weight excluding hydrogens is 258 g/mol. The van der Waals surface area contributed by atoms with Gasteiger partial charge in [0.1, 0.15) is 5.84 Å². The molecule has 5 heteroatoms. The standard InChI is InChI=1S/C14H29N3OS/c1-13(2,12(15)17-18)9-10-16-11-14(19-3)7-5-4-6-8-14/h16,18H,4-11H2,1-3H3,(H2,15,17). The first-order valence-corrected chi connectivity index (χ1v) is 8.42. The van der Waals surface area contributed by atoms with E-state index in [0.717, 1.165) is 19.5 Å². The molecule has 0 aliphatic heterocycles. The van der Waals surface area contributed by atoms with Gasteiger partial charge in [-0.1, -0.05) is 38.3 Å². The van der Waals surface area contributed by atoms with Crippen molar-refractivity contribution in [1.82, 2.24) is 5.32 Å². The number of thioether (sulfide) groups is 1. The van der Waals surface area contributed by atoms with Gasteiger partial charge in [-0.05, 0) is 32.1 Å². The van der Waals surface area contributed by atoms with Crippen LogP contribution in [0.5, 0.6) is 0 Å². The molecule has 1 rings (SSSR count). The zero-order chi connectivity index (χ0) is 14.4. The first kappa shape index (κ1) is 16.6. The molecule has 0 aromatic carbocycles. The van der Waals surface area contributed by atoms with Crippen LogP contribution in [0.2, 0.25) is 0 Å². The van der Waals surface area contributed by atoms with Gasteiger partial charge in [-0.2, -0.15) is 11.8 Å². The smallest absolute Gasteiger partial charge is 0.144 e. The number of hydrogen-bond acceptors (Lipinski definition) is 4. The Kier molecular flexibility index (Phi) is 6.47. The molecule has 1 aliphatic carbocycles. The minimum atomic E-state index is -0.249. The lowest BCUT2D eigenvalue weighted by Gasteiger charge is -2.36. The van der Waals surface area contributed by atoms with Crippen molar-refractivity contribution in [2.75, 3.05) is 19.3 Å². The molecule has 0 atom stereocenters. The number of nitrogens with zero attached hydrogens (tertiary/aromatic N) is 1. The Hall–Kier alpha value is -0.420. The summed E-state index contributed by atoms with van der Waals surface area (Å²) in [6, 6.07) is 0. The van der Waals surface area contributed by atoms with Gasteiger partial charge in [0.25, 0.3) is 0 Å². The van der Waals surface area contributed by atoms with Gasteiger partial charge in [-0.3, -0.25) is 0 Å². The largest absolute Gasteiger partial charge is 0.409 e. The summed E-state index contributed by atoms with van der Waals surface area (Å²) in [6.07, 6.45) is 9.87. The topological polar surface area (TPSA) is 70.6 Å². The fourth-order valence-corrected chi connectivity index (χ4v) is 3.57. The summed E-state index contributed by atoms with van der Waals surface area (Å²) in [5, 5.41) is 15.4. The zero-order valence-corrected chi connectivity index (χ0v) is 13.4. The minimum absolute atomic E-state index is 0.249. The first-order chi connectivity index (χ1) is 8.96. The van der Waals surface area contributed by atoms with Crippen molar-refractivity contribution in [2.24, 2.45) is 16.3 Å². The molecule has 0 heterocycles. The normalized spacial score (nSPS) is 20.5. The average Bonchev–Trinajstić information content (AvgIpc) is 2.43. The molecule has 0 aromatic rings. The maximum atomic E-state index is 8.75. The molecule has 19 heavy (non-hydrogen) atoms. The van der Waals surface area contributed by atoms with E-state index in [1.165, 1.54) is 32.1 Å². The highest BCUT2D eigenvalue weighted by Crippen LogP contribution is 2.38. The van der Waals surface area contributed by atoms with E-state index in [9.17, 15) is 0 Å². The van der Waals surface area contributed by atoms with Crippen LogP contribution in [-0.2, 0) is 0 Å². The Morgan fingerprint density at radius 1 is 1.37 bits per heavy atom. The second kappa shape index (κ2) is 7.39. The van der Waals surface area contributed by atoms with Crippen molar-refractivity contribution in [3.05, 3.63) is 0 Å². The lowest BCUT2D eigenvalue weighted by atomic mass is 9.87. The Balaban J connectivity index is 2.33. The van der Waals surface area contributed by atoms with E-state index in [2.05, 4.69) is 16.7 Å². The Morgan fingerprint density at radius 3 is 2.53 bits per heavy atom. The van der Waals surface area contributed by atoms with Gasteiger partial charge >= 0.3 is 0 Å². The molecule has 1 aliphatic rings. The molecule has 0 aromatic heterocycles. The Bertz CT molecular complexity index is 299. The van der Waals surface area contributed by atoms with Gasteiger partial charge in [-0.25, -0.2) is 0 Å². The Labute approximate surface area is 121 Å². The summed E-state index contributed by atoms with van der Waals surface area (Å²) in [4.78, 5) is 0. The summed E-state index contributed by atoms with van der Waals surface area (Å²) >= 11 is 2.01. The number of oxime groups is 1. The summed E-state index contributed by atoms with van der Waals surface area (Å²) in [5.41, 5.74) is 5.45. The van der Waals surface area contributed by atoms with Crippen molar-refractivity contribution in [3.63, 3.8) is 0 Å². The number of rotatable bonds is 7. The van der Waals surface area contributed by atoms with Crippen molar-refractivity contribution in [2.45, 2.75) is 57.1 Å². The fraction of sp³-hybridized carbons (Fsp3) is 0.929. The summed E-state index contributed by atoms with van der Waals surface area (Å²) < 4.78 is 0.430. The van der Waals surface area contributed by atoms with Crippen LogP contribution in [-0.4, -0.2) is 35.1 Å². The number of amidine groups is 1. The molecular formula is C14H29N3OS. The van der Waals surface area contributed by atoms with Crippen LogP contribution < -0.4 is 11.1 Å². The van der Waals surface area contributed by atoms with Crippen molar-refractivity contribution in [1.29, 1.82) is 0 Å². The highest BCUT2D eigenvalue weighted by molar-refractivity contribution is 8.00. The van der Waals surface area contributed by atoms with Crippen LogP contribution in [0.1, 0.15) is 52.4 Å². The third-order valence-electron chi connectivity index (χ3n) is 4.37. The highest BCUT2D eigenvalue weighted by atomic mass is 32.2. The van der Waals surface area contributed by atoms with E-state index >= 15 is 0 Å². The maximum absolute atomic E-state index is 8.75. The third kappa shape index (κ3) is 4.88. The minimum Gasteiger partial charge on any atom is -0.409 e. The van der Waals surface area contributed by atoms with Crippen molar-refractivity contribution in [3.8, 4) is 0 Å². The molecule has 112 valence electrons. The van der Waals surface area contributed by atoms with Crippen molar-refractivity contribution < 1.29 is 5.21 Å². The fourth-order valence-electron chi connectivity index (χ4n) is 2.63. The molecule has 0 saturated heterocycles. The summed E-state index contributed by atoms with van der Waals surface area (Å²) in [7, 11) is 0. The van der Waals surface area contributed by atoms with Gasteiger partial charge in [0.2, 0.25) is 0 Å². The second-order valence-electron chi connectivity index (χ2n) is 6.24. The van der Waals surface area contributed by atoms with Gasteiger partial charge in [-0.15, -0.1) is 0 Å². The average molecular weight is 287 g/mol. The predicted molar refractivity (Wildman–Crippen MR) is 84.0 cm³/mol. The first-order valence-electron chi connectivity index (χ1n) is 7.20. The number of hydrogen-bond donors (Lipinski definition) is 3. The molecule has 4 N–H and O–H groups in total. The maximum Gasteiger partial charge on any atom is 0.144 e. The summed E-state index contributed by atoms with van der Waals surface area (Å²) in [5.74, 6) is 0.312. The summed E-state index contributed by atoms with van der Waals surface area (Å²) in [6.45, 7) is 6.00. The molecule has 0 amide bonds. The number of nitrogens with two attached hydrogens (primary N) is 1. The molecule has 0 radical (unpaired) electrons. The second-order valence-corrected chi connectivity index (χ2v) is 7.52. The molecule has 1 fully saturated rings. The SMILES string of the molecule is CSC1(CNCCC(C)(C)C(N)=NO)CCCCC1. The van der Waals surface area contributed by atoms with Gasteiger partial charge < -0.3 is 16.3 Å². The molecule has 0 spiro atoms. The van der Waals surface area contributed by atoms with Gasteiger partial charge in [0.15, 0.2) is 0 Å². The third-order valence-corrected chi connectivity index (χ3v) is 5.79. The lowest BCUT2D eigenvalue weighted by Crippen LogP contribution is -2.41. The quantitative estimate of drug-likeness (QED) is 0.221. The highest BCUT2D eigenvalue weighted by Gasteiger charge is 2.31. The molecule has 4 nitrogen and oxygen atoms in total. The van der Waals surface area contributed by atoms with Crippen LogP contribution in [0.4, 0.5) is 0 Å². The zero-order valence-electron chi connectivity index (χ0n) is 12.5. The van der Waals surface area contributed by atoms with Gasteiger partial charge in [0.05, 0.1) is 0 Å². The van der Waals surface area contributed by atoms with Crippen LogP contribution in [0.25, 0.3) is 0 Å². The monoisotopic (exact) mass is 287 g/mol. The van der Waals surface area contributed by atoms with E-state index in [0.29, 0.717) is 10.6 Å². The molecule has 0 bridgehead atoms. The van der Waals surface area contributed by atoms with E-state index < -0.39 is 0 Å². The van der Waals surface area contributed by atoms with Crippen LogP contribution in [0.15, 0.2) is 5.16 Å². The van der Waals surface area contributed by atoms with Gasteiger partial charge in [0, 0.05) is 16.7 Å². The molecule has 0 unspecified atom stereocenters. The van der Waals surface area contributed by atoms with Crippen LogP contribution in [0.3, 0.4) is 0 Å².